The number of benzene rings is 1. The van der Waals surface area contributed by atoms with Crippen molar-refractivity contribution in [2.24, 2.45) is 0 Å². The number of hydrogen-bond donors (Lipinski definition) is 0. The number of carbonyl (C=O) groups excluding carboxylic acids is 3. The highest BCUT2D eigenvalue weighted by atomic mass is 16.2. The van der Waals surface area contributed by atoms with Gasteiger partial charge in [-0.25, -0.2) is 0 Å². The molecule has 3 rings (SSSR count). The van der Waals surface area contributed by atoms with E-state index in [9.17, 15) is 14.4 Å². The summed E-state index contributed by atoms with van der Waals surface area (Å²) in [7, 11) is 1.77. The molecule has 152 valence electrons. The lowest BCUT2D eigenvalue weighted by molar-refractivity contribution is -0.140. The molecule has 6 nitrogen and oxygen atoms in total. The SMILES string of the molecule is CC(C)N(C)C(=O)CN1CCC2(CCC1=O)CCC(=O)N2Cc1ccccc1. The zero-order valence-corrected chi connectivity index (χ0v) is 17.2. The molecule has 2 fully saturated rings. The molecule has 2 heterocycles. The number of rotatable bonds is 5. The van der Waals surface area contributed by atoms with Gasteiger partial charge in [0.25, 0.3) is 0 Å². The third kappa shape index (κ3) is 4.21. The van der Waals surface area contributed by atoms with E-state index in [1.165, 1.54) is 0 Å². The number of amides is 3. The summed E-state index contributed by atoms with van der Waals surface area (Å²) < 4.78 is 0. The standard InChI is InChI=1S/C22H31N3O3/c1-17(2)23(3)21(28)16-24-14-13-22(11-9-19(24)26)12-10-20(27)25(22)15-18-7-5-4-6-8-18/h4-8,17H,9-16H2,1-3H3. The molecule has 0 aliphatic carbocycles. The second kappa shape index (κ2) is 8.33. The van der Waals surface area contributed by atoms with E-state index in [1.807, 2.05) is 49.1 Å². The van der Waals surface area contributed by atoms with Crippen LogP contribution in [-0.2, 0) is 20.9 Å². The van der Waals surface area contributed by atoms with Gasteiger partial charge in [0.1, 0.15) is 0 Å². The second-order valence-electron chi connectivity index (χ2n) is 8.35. The number of carbonyl (C=O) groups is 3. The number of nitrogens with zero attached hydrogens (tertiary/aromatic N) is 3. The van der Waals surface area contributed by atoms with Crippen LogP contribution >= 0.6 is 0 Å². The lowest BCUT2D eigenvalue weighted by atomic mass is 9.87. The zero-order chi connectivity index (χ0) is 20.3. The van der Waals surface area contributed by atoms with Crippen LogP contribution in [0.3, 0.4) is 0 Å². The molecule has 0 aromatic heterocycles. The second-order valence-corrected chi connectivity index (χ2v) is 8.35. The van der Waals surface area contributed by atoms with Crippen molar-refractivity contribution in [3.05, 3.63) is 35.9 Å². The predicted molar refractivity (Wildman–Crippen MR) is 107 cm³/mol. The minimum absolute atomic E-state index is 0.0152. The molecule has 0 N–H and O–H groups in total. The van der Waals surface area contributed by atoms with Gasteiger partial charge in [-0.3, -0.25) is 14.4 Å². The fraction of sp³-hybridized carbons (Fsp3) is 0.591. The minimum Gasteiger partial charge on any atom is -0.342 e. The molecule has 0 bridgehead atoms. The third-order valence-corrected chi connectivity index (χ3v) is 6.36. The van der Waals surface area contributed by atoms with Crippen molar-refractivity contribution in [1.82, 2.24) is 14.7 Å². The molecule has 1 aromatic carbocycles. The summed E-state index contributed by atoms with van der Waals surface area (Å²) in [6, 6.07) is 10.1. The maximum Gasteiger partial charge on any atom is 0.242 e. The minimum atomic E-state index is -0.273. The Bertz CT molecular complexity index is 734. The van der Waals surface area contributed by atoms with Crippen molar-refractivity contribution in [2.75, 3.05) is 20.1 Å². The van der Waals surface area contributed by atoms with Gasteiger partial charge in [-0.15, -0.1) is 0 Å². The van der Waals surface area contributed by atoms with Crippen molar-refractivity contribution < 1.29 is 14.4 Å². The zero-order valence-electron chi connectivity index (χ0n) is 17.2. The van der Waals surface area contributed by atoms with Gasteiger partial charge in [0.15, 0.2) is 0 Å². The van der Waals surface area contributed by atoms with E-state index < -0.39 is 0 Å². The maximum absolute atomic E-state index is 12.7. The van der Waals surface area contributed by atoms with E-state index in [0.717, 1.165) is 18.4 Å². The molecule has 1 aromatic rings. The Labute approximate surface area is 167 Å². The summed E-state index contributed by atoms with van der Waals surface area (Å²) in [6.45, 7) is 5.15. The van der Waals surface area contributed by atoms with Crippen LogP contribution in [0.2, 0.25) is 0 Å². The Kier molecular flexibility index (Phi) is 6.06. The molecule has 0 saturated carbocycles. The molecule has 2 aliphatic heterocycles. The molecule has 28 heavy (non-hydrogen) atoms. The number of likely N-dealkylation sites (N-methyl/N-ethyl adjacent to an activating group) is 1. The lowest BCUT2D eigenvalue weighted by Crippen LogP contribution is -2.46. The summed E-state index contributed by atoms with van der Waals surface area (Å²) in [6.07, 6.45) is 3.12. The van der Waals surface area contributed by atoms with Gasteiger partial charge >= 0.3 is 0 Å². The topological polar surface area (TPSA) is 60.9 Å². The molecule has 1 spiro atoms. The van der Waals surface area contributed by atoms with Gasteiger partial charge in [-0.1, -0.05) is 30.3 Å². The van der Waals surface area contributed by atoms with Crippen LogP contribution in [0.15, 0.2) is 30.3 Å². The first-order chi connectivity index (χ1) is 13.3. The van der Waals surface area contributed by atoms with Crippen LogP contribution in [0.4, 0.5) is 0 Å². The van der Waals surface area contributed by atoms with Gasteiger partial charge in [-0.05, 0) is 38.7 Å². The molecule has 1 unspecified atom stereocenters. The Morgan fingerprint density at radius 3 is 2.36 bits per heavy atom. The number of likely N-dealkylation sites (tertiary alicyclic amines) is 2. The summed E-state index contributed by atoms with van der Waals surface area (Å²) in [4.78, 5) is 43.1. The van der Waals surface area contributed by atoms with Crippen LogP contribution in [0.1, 0.15) is 51.5 Å². The van der Waals surface area contributed by atoms with E-state index in [1.54, 1.807) is 16.8 Å². The van der Waals surface area contributed by atoms with Gasteiger partial charge in [0, 0.05) is 44.6 Å². The van der Waals surface area contributed by atoms with Crippen molar-refractivity contribution in [3.8, 4) is 0 Å². The molecular formula is C22H31N3O3. The normalized spacial score (nSPS) is 22.9. The van der Waals surface area contributed by atoms with Gasteiger partial charge in [-0.2, -0.15) is 0 Å². The van der Waals surface area contributed by atoms with Crippen LogP contribution < -0.4 is 0 Å². The average molecular weight is 386 g/mol. The first-order valence-corrected chi connectivity index (χ1v) is 10.2. The Morgan fingerprint density at radius 2 is 1.71 bits per heavy atom. The molecule has 2 aliphatic rings. The van der Waals surface area contributed by atoms with Crippen LogP contribution in [0, 0.1) is 0 Å². The lowest BCUT2D eigenvalue weighted by Gasteiger charge is -2.38. The van der Waals surface area contributed by atoms with Gasteiger partial charge < -0.3 is 14.7 Å². The molecule has 6 heteroatoms. The molecule has 3 amide bonds. The van der Waals surface area contributed by atoms with E-state index in [2.05, 4.69) is 0 Å². The number of hydrogen-bond acceptors (Lipinski definition) is 3. The molecule has 2 saturated heterocycles. The van der Waals surface area contributed by atoms with E-state index in [0.29, 0.717) is 32.4 Å². The molecular weight excluding hydrogens is 354 g/mol. The summed E-state index contributed by atoms with van der Waals surface area (Å²) in [5.74, 6) is 0.143. The van der Waals surface area contributed by atoms with Crippen molar-refractivity contribution >= 4 is 17.7 Å². The average Bonchev–Trinajstić information content (AvgIpc) is 2.89. The Hall–Kier alpha value is -2.37. The fourth-order valence-corrected chi connectivity index (χ4v) is 4.24. The first kappa shape index (κ1) is 20.4. The third-order valence-electron chi connectivity index (χ3n) is 6.36. The van der Waals surface area contributed by atoms with Crippen molar-refractivity contribution in [2.45, 2.75) is 64.1 Å². The van der Waals surface area contributed by atoms with Crippen LogP contribution in [0.5, 0.6) is 0 Å². The maximum atomic E-state index is 12.7. The highest BCUT2D eigenvalue weighted by Gasteiger charge is 2.46. The van der Waals surface area contributed by atoms with Crippen molar-refractivity contribution in [3.63, 3.8) is 0 Å². The smallest absolute Gasteiger partial charge is 0.242 e. The Balaban J connectivity index is 1.72. The highest BCUT2D eigenvalue weighted by Crippen LogP contribution is 2.40. The van der Waals surface area contributed by atoms with E-state index >= 15 is 0 Å². The van der Waals surface area contributed by atoms with Crippen LogP contribution in [0.25, 0.3) is 0 Å². The van der Waals surface area contributed by atoms with Crippen molar-refractivity contribution in [1.29, 1.82) is 0 Å². The fourth-order valence-electron chi connectivity index (χ4n) is 4.24. The summed E-state index contributed by atoms with van der Waals surface area (Å²) in [5, 5.41) is 0. The van der Waals surface area contributed by atoms with Crippen LogP contribution in [-0.4, -0.2) is 64.1 Å². The van der Waals surface area contributed by atoms with E-state index in [-0.39, 0.29) is 35.8 Å². The van der Waals surface area contributed by atoms with E-state index in [4.69, 9.17) is 0 Å². The quantitative estimate of drug-likeness (QED) is 0.782. The highest BCUT2D eigenvalue weighted by molar-refractivity contribution is 5.85. The summed E-state index contributed by atoms with van der Waals surface area (Å²) in [5.41, 5.74) is 0.836. The first-order valence-electron chi connectivity index (χ1n) is 10.2. The van der Waals surface area contributed by atoms with Gasteiger partial charge in [0.2, 0.25) is 17.7 Å². The molecule has 1 atom stereocenters. The Morgan fingerprint density at radius 1 is 1.07 bits per heavy atom. The largest absolute Gasteiger partial charge is 0.342 e. The monoisotopic (exact) mass is 385 g/mol. The predicted octanol–water partition coefficient (Wildman–Crippen LogP) is 2.43. The van der Waals surface area contributed by atoms with Gasteiger partial charge in [0.05, 0.1) is 6.54 Å². The summed E-state index contributed by atoms with van der Waals surface area (Å²) >= 11 is 0. The molecule has 0 radical (unpaired) electrons.